The van der Waals surface area contributed by atoms with Gasteiger partial charge in [0.25, 0.3) is 0 Å². The Balaban J connectivity index is 1.89. The first-order valence-corrected chi connectivity index (χ1v) is 8.83. The molecule has 2 aromatic carbocycles. The summed E-state index contributed by atoms with van der Waals surface area (Å²) in [7, 11) is 0. The van der Waals surface area contributed by atoms with Gasteiger partial charge in [0, 0.05) is 26.2 Å². The van der Waals surface area contributed by atoms with Crippen LogP contribution in [0.4, 0.5) is 0 Å². The van der Waals surface area contributed by atoms with Crippen molar-refractivity contribution in [3.8, 4) is 0 Å². The largest absolute Gasteiger partial charge is 0.289 e. The van der Waals surface area contributed by atoms with Crippen LogP contribution < -0.4 is 0 Å². The van der Waals surface area contributed by atoms with Gasteiger partial charge >= 0.3 is 0 Å². The molecule has 122 valence electrons. The smallest absolute Gasteiger partial charge is 0.185 e. The van der Waals surface area contributed by atoms with Crippen LogP contribution in [0.3, 0.4) is 0 Å². The van der Waals surface area contributed by atoms with Crippen molar-refractivity contribution < 1.29 is 4.79 Å². The van der Waals surface area contributed by atoms with Crippen LogP contribution >= 0.6 is 34.8 Å². The lowest BCUT2D eigenvalue weighted by Crippen LogP contribution is -2.12. The summed E-state index contributed by atoms with van der Waals surface area (Å²) in [5, 5.41) is 1.82. The number of hydrogen-bond acceptors (Lipinski definition) is 1. The molecule has 0 saturated heterocycles. The van der Waals surface area contributed by atoms with E-state index in [1.54, 1.807) is 12.1 Å². The van der Waals surface area contributed by atoms with Gasteiger partial charge in [-0.2, -0.15) is 0 Å². The third-order valence-corrected chi connectivity index (χ3v) is 4.79. The van der Waals surface area contributed by atoms with E-state index in [0.717, 1.165) is 41.5 Å². The molecule has 0 amide bonds. The van der Waals surface area contributed by atoms with Gasteiger partial charge in [0.05, 0.1) is 0 Å². The Bertz CT molecular complexity index is 832. The van der Waals surface area contributed by atoms with Gasteiger partial charge in [-0.05, 0) is 66.8 Å². The third kappa shape index (κ3) is 4.10. The topological polar surface area (TPSA) is 17.1 Å². The van der Waals surface area contributed by atoms with E-state index in [9.17, 15) is 4.79 Å². The third-order valence-electron chi connectivity index (χ3n) is 3.98. The van der Waals surface area contributed by atoms with Crippen LogP contribution in [0.2, 0.25) is 15.1 Å². The van der Waals surface area contributed by atoms with Crippen molar-refractivity contribution in [1.29, 1.82) is 0 Å². The first kappa shape index (κ1) is 17.3. The van der Waals surface area contributed by atoms with E-state index in [1.165, 1.54) is 0 Å². The van der Waals surface area contributed by atoms with Crippen LogP contribution in [0.15, 0.2) is 53.6 Å². The molecule has 2 aromatic rings. The summed E-state index contributed by atoms with van der Waals surface area (Å²) >= 11 is 18.0. The van der Waals surface area contributed by atoms with Crippen molar-refractivity contribution in [3.05, 3.63) is 79.8 Å². The summed E-state index contributed by atoms with van der Waals surface area (Å²) in [6.07, 6.45) is 6.30. The number of ketones is 1. The molecule has 1 fully saturated rings. The maximum atomic E-state index is 12.7. The monoisotopic (exact) mass is 376 g/mol. The lowest BCUT2D eigenvalue weighted by atomic mass is 9.87. The predicted octanol–water partition coefficient (Wildman–Crippen LogP) is 6.87. The second kappa shape index (κ2) is 7.57. The SMILES string of the molecule is O=C1/C(=C/c2ccc(Cl)cc2)CCC/C1=C\c1ccc(Cl)cc1Cl. The Hall–Kier alpha value is -1.54. The zero-order valence-electron chi connectivity index (χ0n) is 12.9. The molecule has 4 heteroatoms. The first-order chi connectivity index (χ1) is 11.5. The van der Waals surface area contributed by atoms with Crippen LogP contribution in [0.5, 0.6) is 0 Å². The zero-order valence-corrected chi connectivity index (χ0v) is 15.1. The van der Waals surface area contributed by atoms with Crippen molar-refractivity contribution in [2.24, 2.45) is 0 Å². The second-order valence-electron chi connectivity index (χ2n) is 5.74. The number of benzene rings is 2. The Kier molecular flexibility index (Phi) is 5.45. The number of hydrogen-bond donors (Lipinski definition) is 0. The number of rotatable bonds is 2. The molecular weight excluding hydrogens is 363 g/mol. The average molecular weight is 378 g/mol. The molecule has 1 saturated carbocycles. The molecule has 0 heterocycles. The minimum atomic E-state index is 0.0854. The standard InChI is InChI=1S/C20H15Cl3O/c21-17-7-4-13(5-8-17)10-15-2-1-3-16(20(15)24)11-14-6-9-18(22)12-19(14)23/h4-12H,1-3H2/b15-10+,16-11+. The summed E-state index contributed by atoms with van der Waals surface area (Å²) < 4.78 is 0. The average Bonchev–Trinajstić information content (AvgIpc) is 2.55. The van der Waals surface area contributed by atoms with Gasteiger partial charge in [0.15, 0.2) is 5.78 Å². The molecule has 0 aliphatic heterocycles. The Labute approximate surface area is 156 Å². The molecule has 1 aliphatic rings. The minimum absolute atomic E-state index is 0.0854. The normalized spacial score (nSPS) is 18.4. The number of allylic oxidation sites excluding steroid dienone is 2. The number of carbonyl (C=O) groups is 1. The van der Waals surface area contributed by atoms with Crippen molar-refractivity contribution in [2.45, 2.75) is 19.3 Å². The number of halogens is 3. The van der Waals surface area contributed by atoms with Crippen LogP contribution in [-0.2, 0) is 4.79 Å². The highest BCUT2D eigenvalue weighted by atomic mass is 35.5. The van der Waals surface area contributed by atoms with E-state index < -0.39 is 0 Å². The van der Waals surface area contributed by atoms with E-state index in [2.05, 4.69) is 0 Å². The highest BCUT2D eigenvalue weighted by Gasteiger charge is 2.20. The maximum Gasteiger partial charge on any atom is 0.185 e. The fourth-order valence-electron chi connectivity index (χ4n) is 2.74. The van der Waals surface area contributed by atoms with Gasteiger partial charge < -0.3 is 0 Å². The molecule has 0 radical (unpaired) electrons. The number of carbonyl (C=O) groups excluding carboxylic acids is 1. The van der Waals surface area contributed by atoms with Gasteiger partial charge in [0.2, 0.25) is 0 Å². The molecule has 1 nitrogen and oxygen atoms in total. The molecule has 24 heavy (non-hydrogen) atoms. The van der Waals surface area contributed by atoms with Crippen molar-refractivity contribution in [1.82, 2.24) is 0 Å². The molecule has 1 aliphatic carbocycles. The van der Waals surface area contributed by atoms with E-state index in [0.29, 0.717) is 15.1 Å². The summed E-state index contributed by atoms with van der Waals surface area (Å²) in [6, 6.07) is 12.8. The molecule has 0 bridgehead atoms. The summed E-state index contributed by atoms with van der Waals surface area (Å²) in [5.74, 6) is 0.0854. The maximum absolute atomic E-state index is 12.7. The number of Topliss-reactive ketones (excluding diaryl/α,β-unsaturated/α-hetero) is 1. The quantitative estimate of drug-likeness (QED) is 0.522. The lowest BCUT2D eigenvalue weighted by Gasteiger charge is -2.17. The van der Waals surface area contributed by atoms with E-state index in [1.807, 2.05) is 42.5 Å². The summed E-state index contributed by atoms with van der Waals surface area (Å²) in [6.45, 7) is 0. The molecule has 0 atom stereocenters. The van der Waals surface area contributed by atoms with Gasteiger partial charge in [0.1, 0.15) is 0 Å². The molecule has 3 rings (SSSR count). The predicted molar refractivity (Wildman–Crippen MR) is 103 cm³/mol. The zero-order chi connectivity index (χ0) is 17.1. The highest BCUT2D eigenvalue weighted by molar-refractivity contribution is 6.35. The van der Waals surface area contributed by atoms with Crippen LogP contribution in [0.25, 0.3) is 12.2 Å². The minimum Gasteiger partial charge on any atom is -0.289 e. The Morgan fingerprint density at radius 1 is 0.792 bits per heavy atom. The Morgan fingerprint density at radius 3 is 2.08 bits per heavy atom. The molecule has 0 spiro atoms. The molecule has 0 unspecified atom stereocenters. The molecule has 0 aromatic heterocycles. The second-order valence-corrected chi connectivity index (χ2v) is 7.02. The van der Waals surface area contributed by atoms with Gasteiger partial charge in [-0.1, -0.05) is 53.0 Å². The molecule has 0 N–H and O–H groups in total. The van der Waals surface area contributed by atoms with Gasteiger partial charge in [-0.25, -0.2) is 0 Å². The lowest BCUT2D eigenvalue weighted by molar-refractivity contribution is -0.112. The van der Waals surface area contributed by atoms with Crippen molar-refractivity contribution >= 4 is 52.7 Å². The van der Waals surface area contributed by atoms with Crippen molar-refractivity contribution in [3.63, 3.8) is 0 Å². The van der Waals surface area contributed by atoms with E-state index in [4.69, 9.17) is 34.8 Å². The van der Waals surface area contributed by atoms with Crippen LogP contribution in [0, 0.1) is 0 Å². The summed E-state index contributed by atoms with van der Waals surface area (Å²) in [5.41, 5.74) is 3.40. The van der Waals surface area contributed by atoms with Crippen molar-refractivity contribution in [2.75, 3.05) is 0 Å². The first-order valence-electron chi connectivity index (χ1n) is 7.69. The fraction of sp³-hybridized carbons (Fsp3) is 0.150. The van der Waals surface area contributed by atoms with Gasteiger partial charge in [-0.15, -0.1) is 0 Å². The Morgan fingerprint density at radius 2 is 1.42 bits per heavy atom. The van der Waals surface area contributed by atoms with Crippen LogP contribution in [0.1, 0.15) is 30.4 Å². The fourth-order valence-corrected chi connectivity index (χ4v) is 3.33. The van der Waals surface area contributed by atoms with Crippen LogP contribution in [-0.4, -0.2) is 5.78 Å². The van der Waals surface area contributed by atoms with E-state index >= 15 is 0 Å². The summed E-state index contributed by atoms with van der Waals surface area (Å²) in [4.78, 5) is 12.7. The molecular formula is C20H15Cl3O. The van der Waals surface area contributed by atoms with Gasteiger partial charge in [-0.3, -0.25) is 4.79 Å². The highest BCUT2D eigenvalue weighted by Crippen LogP contribution is 2.30. The van der Waals surface area contributed by atoms with E-state index in [-0.39, 0.29) is 5.78 Å².